The minimum Gasteiger partial charge on any atom is -0.465 e. The number of rotatable bonds is 5. The zero-order chi connectivity index (χ0) is 27.0. The Bertz CT molecular complexity index is 1490. The number of hydrogen-bond donors (Lipinski definition) is 0. The molecule has 38 heavy (non-hydrogen) atoms. The van der Waals surface area contributed by atoms with Crippen LogP contribution in [0.2, 0.25) is 0 Å². The second-order valence-electron chi connectivity index (χ2n) is 9.30. The van der Waals surface area contributed by atoms with E-state index in [0.717, 1.165) is 51.3 Å². The topological polar surface area (TPSA) is 88.9 Å². The Labute approximate surface area is 224 Å². The predicted molar refractivity (Wildman–Crippen MR) is 145 cm³/mol. The number of thioether (sulfide) groups is 1. The van der Waals surface area contributed by atoms with Gasteiger partial charge >= 0.3 is 5.97 Å². The molecule has 8 nitrogen and oxygen atoms in total. The summed E-state index contributed by atoms with van der Waals surface area (Å²) in [5.74, 6) is -1.10. The number of nitrogens with zero attached hydrogens (tertiary/aromatic N) is 3. The second kappa shape index (κ2) is 10.3. The Kier molecular flexibility index (Phi) is 6.94. The van der Waals surface area contributed by atoms with E-state index >= 15 is 0 Å². The highest BCUT2D eigenvalue weighted by atomic mass is 32.2. The van der Waals surface area contributed by atoms with Gasteiger partial charge in [-0.25, -0.2) is 4.79 Å². The average molecular weight is 530 g/mol. The summed E-state index contributed by atoms with van der Waals surface area (Å²) >= 11 is 0.848. The second-order valence-corrected chi connectivity index (χ2v) is 10.3. The van der Waals surface area contributed by atoms with Gasteiger partial charge in [0, 0.05) is 30.2 Å². The molecule has 0 N–H and O–H groups in total. The molecule has 0 spiro atoms. The van der Waals surface area contributed by atoms with Gasteiger partial charge in [0.05, 0.1) is 17.6 Å². The van der Waals surface area contributed by atoms with Crippen molar-refractivity contribution < 1.29 is 23.9 Å². The first-order valence-electron chi connectivity index (χ1n) is 12.2. The van der Waals surface area contributed by atoms with E-state index in [0.29, 0.717) is 18.7 Å². The molecule has 0 aliphatic carbocycles. The van der Waals surface area contributed by atoms with Gasteiger partial charge in [0.25, 0.3) is 11.1 Å². The highest BCUT2D eigenvalue weighted by molar-refractivity contribution is 8.18. The molecule has 1 fully saturated rings. The number of carbonyl (C=O) groups is 4. The third-order valence-electron chi connectivity index (χ3n) is 6.95. The van der Waals surface area contributed by atoms with E-state index in [-0.39, 0.29) is 17.4 Å². The Morgan fingerprint density at radius 1 is 1.03 bits per heavy atom. The van der Waals surface area contributed by atoms with Crippen LogP contribution in [0, 0.1) is 13.8 Å². The Morgan fingerprint density at radius 2 is 1.74 bits per heavy atom. The molecule has 3 aromatic rings. The van der Waals surface area contributed by atoms with Gasteiger partial charge in [-0.15, -0.1) is 0 Å². The number of fused-ring (bicyclic) bond motifs is 1. The molecule has 1 aromatic heterocycles. The number of methoxy groups -OCH3 is 1. The monoisotopic (exact) mass is 529 g/mol. The summed E-state index contributed by atoms with van der Waals surface area (Å²) < 4.78 is 6.77. The van der Waals surface area contributed by atoms with Gasteiger partial charge in [-0.3, -0.25) is 19.3 Å². The van der Waals surface area contributed by atoms with Crippen LogP contribution < -0.4 is 0 Å². The molecule has 3 heterocycles. The van der Waals surface area contributed by atoms with Gasteiger partial charge < -0.3 is 14.2 Å². The van der Waals surface area contributed by atoms with Crippen molar-refractivity contribution in [1.29, 1.82) is 0 Å². The number of ether oxygens (including phenoxy) is 1. The SMILES string of the molecule is COC(=O)c1ccc(-n2c(C)cc(/C=C3\SC(=O)N(CC(=O)N4CCc5ccccc5C4)C3=O)c2C)cc1. The minimum absolute atomic E-state index is 0.239. The van der Waals surface area contributed by atoms with E-state index in [4.69, 9.17) is 4.74 Å². The fourth-order valence-electron chi connectivity index (χ4n) is 4.92. The summed E-state index contributed by atoms with van der Waals surface area (Å²) in [6.07, 6.45) is 2.46. The van der Waals surface area contributed by atoms with Crippen molar-refractivity contribution in [1.82, 2.24) is 14.4 Å². The van der Waals surface area contributed by atoms with Crippen LogP contribution in [0.1, 0.15) is 38.4 Å². The lowest BCUT2D eigenvalue weighted by Gasteiger charge is -2.29. The number of carbonyl (C=O) groups excluding carboxylic acids is 4. The van der Waals surface area contributed by atoms with Crippen molar-refractivity contribution in [3.05, 3.63) is 93.1 Å². The number of aromatic nitrogens is 1. The third-order valence-corrected chi connectivity index (χ3v) is 7.86. The maximum atomic E-state index is 13.1. The van der Waals surface area contributed by atoms with Crippen LogP contribution in [0.25, 0.3) is 11.8 Å². The van der Waals surface area contributed by atoms with Gasteiger partial charge in [-0.05, 0) is 85.1 Å². The van der Waals surface area contributed by atoms with Crippen LogP contribution in [0.3, 0.4) is 0 Å². The third kappa shape index (κ3) is 4.77. The van der Waals surface area contributed by atoms with Crippen LogP contribution in [0.4, 0.5) is 4.79 Å². The normalized spacial score (nSPS) is 16.2. The molecule has 0 bridgehead atoms. The van der Waals surface area contributed by atoms with Crippen LogP contribution in [0.5, 0.6) is 0 Å². The van der Waals surface area contributed by atoms with Crippen molar-refractivity contribution >= 4 is 40.9 Å². The van der Waals surface area contributed by atoms with Gasteiger partial charge in [0.1, 0.15) is 6.54 Å². The van der Waals surface area contributed by atoms with E-state index in [1.807, 2.05) is 54.8 Å². The largest absolute Gasteiger partial charge is 0.465 e. The van der Waals surface area contributed by atoms with Gasteiger partial charge in [-0.2, -0.15) is 0 Å². The summed E-state index contributed by atoms with van der Waals surface area (Å²) in [7, 11) is 1.34. The Balaban J connectivity index is 1.32. The highest BCUT2D eigenvalue weighted by Crippen LogP contribution is 2.34. The fraction of sp³-hybridized carbons (Fsp3) is 0.241. The molecular formula is C29H27N3O5S. The maximum absolute atomic E-state index is 13.1. The molecule has 2 aliphatic heterocycles. The Morgan fingerprint density at radius 3 is 2.45 bits per heavy atom. The molecule has 0 unspecified atom stereocenters. The Hall–Kier alpha value is -4.11. The summed E-state index contributed by atoms with van der Waals surface area (Å²) in [6, 6.07) is 17.0. The number of imide groups is 1. The first-order chi connectivity index (χ1) is 18.3. The number of benzene rings is 2. The quantitative estimate of drug-likeness (QED) is 0.357. The van der Waals surface area contributed by atoms with E-state index in [1.54, 1.807) is 23.1 Å². The molecule has 0 atom stereocenters. The van der Waals surface area contributed by atoms with Gasteiger partial charge in [0.2, 0.25) is 5.91 Å². The fourth-order valence-corrected chi connectivity index (χ4v) is 5.75. The number of esters is 1. The van der Waals surface area contributed by atoms with Crippen molar-refractivity contribution in [2.45, 2.75) is 26.8 Å². The number of amides is 3. The zero-order valence-corrected chi connectivity index (χ0v) is 22.2. The standard InChI is InChI=1S/C29H27N3O5S/c1-18-14-23(19(2)32(18)24-10-8-21(9-11-24)28(35)37-3)15-25-27(34)31(29(36)38-25)17-26(33)30-13-12-20-6-4-5-7-22(20)16-30/h4-11,14-15H,12-13,16-17H2,1-3H3/b25-15-. The van der Waals surface area contributed by atoms with Crippen molar-refractivity contribution in [3.8, 4) is 5.69 Å². The number of aryl methyl sites for hydroxylation is 1. The summed E-state index contributed by atoms with van der Waals surface area (Å²) in [5, 5.41) is -0.445. The maximum Gasteiger partial charge on any atom is 0.337 e. The van der Waals surface area contributed by atoms with Gasteiger partial charge in [0.15, 0.2) is 0 Å². The van der Waals surface area contributed by atoms with E-state index in [1.165, 1.54) is 12.7 Å². The van der Waals surface area contributed by atoms with E-state index in [2.05, 4.69) is 6.07 Å². The van der Waals surface area contributed by atoms with Crippen molar-refractivity contribution in [3.63, 3.8) is 0 Å². The molecule has 5 rings (SSSR count). The smallest absolute Gasteiger partial charge is 0.337 e. The van der Waals surface area contributed by atoms with Crippen LogP contribution in [0.15, 0.2) is 59.5 Å². The summed E-state index contributed by atoms with van der Waals surface area (Å²) in [6.45, 7) is 4.65. The van der Waals surface area contributed by atoms with Crippen LogP contribution in [-0.4, -0.2) is 57.6 Å². The predicted octanol–water partition coefficient (Wildman–Crippen LogP) is 4.50. The zero-order valence-electron chi connectivity index (χ0n) is 21.4. The molecule has 3 amide bonds. The van der Waals surface area contributed by atoms with Crippen molar-refractivity contribution in [2.75, 3.05) is 20.2 Å². The van der Waals surface area contributed by atoms with E-state index < -0.39 is 17.1 Å². The first-order valence-corrected chi connectivity index (χ1v) is 13.1. The molecule has 2 aromatic carbocycles. The average Bonchev–Trinajstić information content (AvgIpc) is 3.36. The van der Waals surface area contributed by atoms with Crippen molar-refractivity contribution in [2.24, 2.45) is 0 Å². The van der Waals surface area contributed by atoms with E-state index in [9.17, 15) is 19.2 Å². The molecule has 194 valence electrons. The first kappa shape index (κ1) is 25.5. The molecule has 9 heteroatoms. The molecule has 0 saturated carbocycles. The summed E-state index contributed by atoms with van der Waals surface area (Å²) in [5.41, 5.74) is 6.23. The summed E-state index contributed by atoms with van der Waals surface area (Å²) in [4.78, 5) is 53.6. The minimum atomic E-state index is -0.460. The molecule has 0 radical (unpaired) electrons. The molecular weight excluding hydrogens is 502 g/mol. The molecule has 2 aliphatic rings. The highest BCUT2D eigenvalue weighted by Gasteiger charge is 2.37. The lowest BCUT2D eigenvalue weighted by Crippen LogP contribution is -2.44. The van der Waals surface area contributed by atoms with Crippen LogP contribution in [-0.2, 0) is 27.3 Å². The van der Waals surface area contributed by atoms with Crippen LogP contribution >= 0.6 is 11.8 Å². The molecule has 1 saturated heterocycles. The van der Waals surface area contributed by atoms with Gasteiger partial charge in [-0.1, -0.05) is 24.3 Å². The lowest BCUT2D eigenvalue weighted by molar-refractivity contribution is -0.136. The lowest BCUT2D eigenvalue weighted by atomic mass is 10.00. The number of hydrogen-bond acceptors (Lipinski definition) is 6.